The van der Waals surface area contributed by atoms with Gasteiger partial charge in [-0.2, -0.15) is 11.8 Å². The van der Waals surface area contributed by atoms with Gasteiger partial charge in [0.15, 0.2) is 0 Å². The molecule has 0 amide bonds. The minimum Gasteiger partial charge on any atom is -0.381 e. The minimum atomic E-state index is 0.692. The second-order valence-corrected chi connectivity index (χ2v) is 6.33. The zero-order valence-corrected chi connectivity index (χ0v) is 11.2. The van der Waals surface area contributed by atoms with Crippen molar-refractivity contribution in [2.75, 3.05) is 31.3 Å². The Morgan fingerprint density at radius 3 is 2.75 bits per heavy atom. The molecule has 16 heavy (non-hydrogen) atoms. The molecular weight excluding hydrogens is 218 g/mol. The second-order valence-electron chi connectivity index (χ2n) is 5.10. The highest BCUT2D eigenvalue weighted by Crippen LogP contribution is 2.23. The highest BCUT2D eigenvalue weighted by atomic mass is 32.2. The Morgan fingerprint density at radius 1 is 1.31 bits per heavy atom. The molecule has 2 aliphatic rings. The van der Waals surface area contributed by atoms with E-state index in [0.29, 0.717) is 6.04 Å². The molecule has 2 saturated heterocycles. The van der Waals surface area contributed by atoms with Gasteiger partial charge in [0.25, 0.3) is 0 Å². The van der Waals surface area contributed by atoms with Crippen LogP contribution in [0.2, 0.25) is 0 Å². The first kappa shape index (κ1) is 12.7. The third-order valence-electron chi connectivity index (χ3n) is 3.98. The minimum absolute atomic E-state index is 0.692. The lowest BCUT2D eigenvalue weighted by Crippen LogP contribution is -2.39. The zero-order valence-electron chi connectivity index (χ0n) is 10.4. The highest BCUT2D eigenvalue weighted by Gasteiger charge is 2.25. The number of nitrogens with one attached hydrogen (secondary N) is 1. The van der Waals surface area contributed by atoms with Crippen LogP contribution in [0.25, 0.3) is 0 Å². The molecule has 0 aliphatic carbocycles. The van der Waals surface area contributed by atoms with E-state index >= 15 is 0 Å². The van der Waals surface area contributed by atoms with Crippen LogP contribution in [0, 0.1) is 11.8 Å². The molecule has 2 nitrogen and oxygen atoms in total. The van der Waals surface area contributed by atoms with E-state index in [4.69, 9.17) is 4.74 Å². The molecule has 2 rings (SSSR count). The molecule has 0 aromatic carbocycles. The standard InChI is InChI=1S/C13H25NOS/c1-2-13(12-3-6-15-10-12)14-9-11-4-7-16-8-5-11/h11-14H,2-10H2,1H3. The SMILES string of the molecule is CCC(NCC1CCSCC1)C1CCOC1. The summed E-state index contributed by atoms with van der Waals surface area (Å²) >= 11 is 2.12. The molecule has 0 aromatic rings. The van der Waals surface area contributed by atoms with Crippen molar-refractivity contribution in [1.29, 1.82) is 0 Å². The number of rotatable bonds is 5. The Balaban J connectivity index is 1.69. The van der Waals surface area contributed by atoms with Crippen LogP contribution < -0.4 is 5.32 Å². The lowest BCUT2D eigenvalue weighted by atomic mass is 9.95. The van der Waals surface area contributed by atoms with Crippen LogP contribution >= 0.6 is 11.8 Å². The van der Waals surface area contributed by atoms with Crippen LogP contribution in [0.1, 0.15) is 32.6 Å². The lowest BCUT2D eigenvalue weighted by molar-refractivity contribution is 0.174. The van der Waals surface area contributed by atoms with Crippen LogP contribution in [-0.2, 0) is 4.74 Å². The van der Waals surface area contributed by atoms with Crippen molar-refractivity contribution in [2.45, 2.75) is 38.6 Å². The van der Waals surface area contributed by atoms with Gasteiger partial charge in [-0.15, -0.1) is 0 Å². The lowest BCUT2D eigenvalue weighted by Gasteiger charge is -2.27. The molecule has 0 saturated carbocycles. The summed E-state index contributed by atoms with van der Waals surface area (Å²) in [6.07, 6.45) is 5.33. The van der Waals surface area contributed by atoms with Crippen LogP contribution in [0.4, 0.5) is 0 Å². The normalized spacial score (nSPS) is 29.4. The summed E-state index contributed by atoms with van der Waals surface area (Å²) in [5.74, 6) is 4.44. The van der Waals surface area contributed by atoms with E-state index in [9.17, 15) is 0 Å². The average Bonchev–Trinajstić information content (AvgIpc) is 2.85. The van der Waals surface area contributed by atoms with E-state index in [1.54, 1.807) is 0 Å². The Hall–Kier alpha value is 0.270. The van der Waals surface area contributed by atoms with E-state index in [1.165, 1.54) is 43.7 Å². The fourth-order valence-corrected chi connectivity index (χ4v) is 3.99. The van der Waals surface area contributed by atoms with Gasteiger partial charge in [0.2, 0.25) is 0 Å². The van der Waals surface area contributed by atoms with E-state index in [-0.39, 0.29) is 0 Å². The quantitative estimate of drug-likeness (QED) is 0.802. The summed E-state index contributed by atoms with van der Waals surface area (Å²) in [4.78, 5) is 0. The molecule has 3 heteroatoms. The molecule has 2 heterocycles. The molecule has 2 atom stereocenters. The number of ether oxygens (including phenoxy) is 1. The van der Waals surface area contributed by atoms with Gasteiger partial charge >= 0.3 is 0 Å². The molecule has 1 N–H and O–H groups in total. The summed E-state index contributed by atoms with van der Waals surface area (Å²) in [5, 5.41) is 3.79. The predicted octanol–water partition coefficient (Wildman–Crippen LogP) is 2.53. The van der Waals surface area contributed by atoms with E-state index in [2.05, 4.69) is 24.0 Å². The van der Waals surface area contributed by atoms with E-state index < -0.39 is 0 Å². The molecule has 0 spiro atoms. The highest BCUT2D eigenvalue weighted by molar-refractivity contribution is 7.99. The topological polar surface area (TPSA) is 21.3 Å². The van der Waals surface area contributed by atoms with Crippen LogP contribution in [0.3, 0.4) is 0 Å². The van der Waals surface area contributed by atoms with Crippen LogP contribution in [0.15, 0.2) is 0 Å². The van der Waals surface area contributed by atoms with Crippen LogP contribution in [0.5, 0.6) is 0 Å². The smallest absolute Gasteiger partial charge is 0.0509 e. The van der Waals surface area contributed by atoms with Gasteiger partial charge in [0.05, 0.1) is 6.61 Å². The van der Waals surface area contributed by atoms with Crippen molar-refractivity contribution in [3.8, 4) is 0 Å². The fraction of sp³-hybridized carbons (Fsp3) is 1.00. The van der Waals surface area contributed by atoms with Gasteiger partial charge in [-0.05, 0) is 55.6 Å². The molecule has 0 aromatic heterocycles. The van der Waals surface area contributed by atoms with Gasteiger partial charge in [-0.25, -0.2) is 0 Å². The third kappa shape index (κ3) is 3.64. The third-order valence-corrected chi connectivity index (χ3v) is 5.03. The monoisotopic (exact) mass is 243 g/mol. The van der Waals surface area contributed by atoms with E-state index in [1.807, 2.05) is 0 Å². The molecular formula is C13H25NOS. The molecule has 0 bridgehead atoms. The maximum Gasteiger partial charge on any atom is 0.0509 e. The summed E-state index contributed by atoms with van der Waals surface area (Å²) in [5.41, 5.74) is 0. The number of thioether (sulfide) groups is 1. The van der Waals surface area contributed by atoms with Crippen molar-refractivity contribution in [3.05, 3.63) is 0 Å². The van der Waals surface area contributed by atoms with Crippen molar-refractivity contribution in [1.82, 2.24) is 5.32 Å². The van der Waals surface area contributed by atoms with Crippen LogP contribution in [-0.4, -0.2) is 37.3 Å². The molecule has 0 radical (unpaired) electrons. The van der Waals surface area contributed by atoms with Gasteiger partial charge in [0, 0.05) is 12.6 Å². The van der Waals surface area contributed by atoms with Crippen molar-refractivity contribution < 1.29 is 4.74 Å². The summed E-state index contributed by atoms with van der Waals surface area (Å²) < 4.78 is 5.49. The largest absolute Gasteiger partial charge is 0.381 e. The Kier molecular flexibility index (Phi) is 5.46. The van der Waals surface area contributed by atoms with Crippen molar-refractivity contribution in [3.63, 3.8) is 0 Å². The van der Waals surface area contributed by atoms with Crippen molar-refractivity contribution in [2.24, 2.45) is 11.8 Å². The Labute approximate surface area is 104 Å². The van der Waals surface area contributed by atoms with Crippen molar-refractivity contribution >= 4 is 11.8 Å². The predicted molar refractivity (Wildman–Crippen MR) is 71.1 cm³/mol. The van der Waals surface area contributed by atoms with E-state index in [0.717, 1.165) is 25.0 Å². The first-order chi connectivity index (χ1) is 7.90. The van der Waals surface area contributed by atoms with Gasteiger partial charge in [0.1, 0.15) is 0 Å². The first-order valence-electron chi connectivity index (χ1n) is 6.79. The zero-order chi connectivity index (χ0) is 11.2. The molecule has 94 valence electrons. The summed E-state index contributed by atoms with van der Waals surface area (Å²) in [7, 11) is 0. The number of hydrogen-bond donors (Lipinski definition) is 1. The summed E-state index contributed by atoms with van der Waals surface area (Å²) in [6.45, 7) is 5.48. The molecule has 2 unspecified atom stereocenters. The molecule has 2 aliphatic heterocycles. The maximum absolute atomic E-state index is 5.49. The summed E-state index contributed by atoms with van der Waals surface area (Å²) in [6, 6.07) is 0.692. The maximum atomic E-state index is 5.49. The number of hydrogen-bond acceptors (Lipinski definition) is 3. The second kappa shape index (κ2) is 6.87. The Bertz CT molecular complexity index is 188. The van der Waals surface area contributed by atoms with Gasteiger partial charge < -0.3 is 10.1 Å². The Morgan fingerprint density at radius 2 is 2.12 bits per heavy atom. The molecule has 2 fully saturated rings. The van der Waals surface area contributed by atoms with Gasteiger partial charge in [-0.1, -0.05) is 6.92 Å². The first-order valence-corrected chi connectivity index (χ1v) is 7.94. The van der Waals surface area contributed by atoms with Gasteiger partial charge in [-0.3, -0.25) is 0 Å². The average molecular weight is 243 g/mol. The fourth-order valence-electron chi connectivity index (χ4n) is 2.78.